The van der Waals surface area contributed by atoms with Gasteiger partial charge in [-0.2, -0.15) is 0 Å². The summed E-state index contributed by atoms with van der Waals surface area (Å²) in [6.45, 7) is 8.12. The van der Waals surface area contributed by atoms with Crippen LogP contribution in [0.4, 0.5) is 0 Å². The molecule has 2 amide bonds. The van der Waals surface area contributed by atoms with Gasteiger partial charge in [-0.25, -0.2) is 0 Å². The summed E-state index contributed by atoms with van der Waals surface area (Å²) in [5, 5.41) is 2.77. The lowest BCUT2D eigenvalue weighted by Crippen LogP contribution is -2.65. The van der Waals surface area contributed by atoms with E-state index in [4.69, 9.17) is 0 Å². The molecule has 4 nitrogen and oxygen atoms in total. The van der Waals surface area contributed by atoms with E-state index in [0.717, 1.165) is 10.0 Å². The van der Waals surface area contributed by atoms with Crippen molar-refractivity contribution in [1.82, 2.24) is 10.2 Å². The Kier molecular flexibility index (Phi) is 4.42. The molecule has 1 aromatic rings. The maximum absolute atomic E-state index is 12.5. The molecule has 0 bridgehead atoms. The molecule has 1 fully saturated rings. The van der Waals surface area contributed by atoms with Gasteiger partial charge in [-0.05, 0) is 30.0 Å². The summed E-state index contributed by atoms with van der Waals surface area (Å²) >= 11 is 3.40. The van der Waals surface area contributed by atoms with Gasteiger partial charge >= 0.3 is 0 Å². The molecule has 1 aliphatic rings. The molecule has 1 N–H and O–H groups in total. The van der Waals surface area contributed by atoms with Crippen molar-refractivity contribution in [2.75, 3.05) is 0 Å². The standard InChI is InChI=1S/C16H21BrN2O2/c1-10-15(21)19(9-11-5-7-12(17)8-6-11)13(14(20)18-10)16(2,3)4/h5-8,10,13H,9H2,1-4H3,(H,18,20). The predicted octanol–water partition coefficient (Wildman–Crippen LogP) is 2.71. The SMILES string of the molecule is CC1NC(=O)C(C(C)(C)C)N(Cc2ccc(Br)cc2)C1=O. The normalized spacial score (nSPS) is 23.2. The fraction of sp³-hybridized carbons (Fsp3) is 0.500. The van der Waals surface area contributed by atoms with Crippen LogP contribution in [0.1, 0.15) is 33.3 Å². The molecule has 0 saturated carbocycles. The van der Waals surface area contributed by atoms with Crippen molar-refractivity contribution in [3.8, 4) is 0 Å². The van der Waals surface area contributed by atoms with Gasteiger partial charge in [0.2, 0.25) is 11.8 Å². The van der Waals surface area contributed by atoms with E-state index < -0.39 is 12.1 Å². The van der Waals surface area contributed by atoms with Gasteiger partial charge in [-0.1, -0.05) is 48.8 Å². The van der Waals surface area contributed by atoms with Crippen molar-refractivity contribution in [2.45, 2.75) is 46.3 Å². The first-order chi connectivity index (χ1) is 9.70. The number of nitrogens with zero attached hydrogens (tertiary/aromatic N) is 1. The van der Waals surface area contributed by atoms with Crippen LogP contribution in [0.3, 0.4) is 0 Å². The molecule has 1 aromatic carbocycles. The van der Waals surface area contributed by atoms with Gasteiger partial charge < -0.3 is 10.2 Å². The Labute approximate surface area is 134 Å². The van der Waals surface area contributed by atoms with Crippen LogP contribution in [-0.2, 0) is 16.1 Å². The van der Waals surface area contributed by atoms with Crippen molar-refractivity contribution in [1.29, 1.82) is 0 Å². The summed E-state index contributed by atoms with van der Waals surface area (Å²) in [7, 11) is 0. The van der Waals surface area contributed by atoms with Crippen molar-refractivity contribution >= 4 is 27.7 Å². The van der Waals surface area contributed by atoms with Gasteiger partial charge in [0.15, 0.2) is 0 Å². The zero-order valence-electron chi connectivity index (χ0n) is 12.8. The molecular formula is C16H21BrN2O2. The van der Waals surface area contributed by atoms with Gasteiger partial charge in [0.1, 0.15) is 12.1 Å². The molecule has 0 aliphatic carbocycles. The second-order valence-corrected chi connectivity index (χ2v) is 7.51. The monoisotopic (exact) mass is 352 g/mol. The van der Waals surface area contributed by atoms with Gasteiger partial charge in [0.25, 0.3) is 0 Å². The highest BCUT2D eigenvalue weighted by molar-refractivity contribution is 9.10. The van der Waals surface area contributed by atoms with E-state index in [2.05, 4.69) is 21.2 Å². The minimum Gasteiger partial charge on any atom is -0.343 e. The Hall–Kier alpha value is -1.36. The number of nitrogens with one attached hydrogen (secondary N) is 1. The Morgan fingerprint density at radius 2 is 1.76 bits per heavy atom. The Balaban J connectivity index is 2.32. The third kappa shape index (κ3) is 3.46. The van der Waals surface area contributed by atoms with Crippen molar-refractivity contribution in [3.63, 3.8) is 0 Å². The van der Waals surface area contributed by atoms with E-state index in [9.17, 15) is 9.59 Å². The summed E-state index contributed by atoms with van der Waals surface area (Å²) in [5.41, 5.74) is 0.706. The molecule has 1 heterocycles. The number of piperazine rings is 1. The maximum Gasteiger partial charge on any atom is 0.245 e. The van der Waals surface area contributed by atoms with Gasteiger partial charge in [0, 0.05) is 11.0 Å². The molecule has 21 heavy (non-hydrogen) atoms. The predicted molar refractivity (Wildman–Crippen MR) is 85.5 cm³/mol. The van der Waals surface area contributed by atoms with Gasteiger partial charge in [-0.15, -0.1) is 0 Å². The number of amides is 2. The smallest absolute Gasteiger partial charge is 0.245 e. The van der Waals surface area contributed by atoms with E-state index in [-0.39, 0.29) is 17.2 Å². The first-order valence-electron chi connectivity index (χ1n) is 7.05. The number of hydrogen-bond donors (Lipinski definition) is 1. The fourth-order valence-corrected chi connectivity index (χ4v) is 2.95. The topological polar surface area (TPSA) is 49.4 Å². The molecule has 2 unspecified atom stereocenters. The lowest BCUT2D eigenvalue weighted by Gasteiger charge is -2.44. The van der Waals surface area contributed by atoms with Crippen LogP contribution in [-0.4, -0.2) is 28.8 Å². The zero-order chi connectivity index (χ0) is 15.8. The average molecular weight is 353 g/mol. The summed E-state index contributed by atoms with van der Waals surface area (Å²) in [4.78, 5) is 26.5. The molecular weight excluding hydrogens is 332 g/mol. The number of hydrogen-bond acceptors (Lipinski definition) is 2. The van der Waals surface area contributed by atoms with E-state index in [1.54, 1.807) is 11.8 Å². The first kappa shape index (κ1) is 16.0. The number of halogens is 1. The van der Waals surface area contributed by atoms with Crippen molar-refractivity contribution in [3.05, 3.63) is 34.3 Å². The zero-order valence-corrected chi connectivity index (χ0v) is 14.4. The van der Waals surface area contributed by atoms with E-state index >= 15 is 0 Å². The highest BCUT2D eigenvalue weighted by Gasteiger charge is 2.44. The minimum atomic E-state index is -0.466. The van der Waals surface area contributed by atoms with Crippen LogP contribution in [0.25, 0.3) is 0 Å². The Bertz CT molecular complexity index is 548. The number of rotatable bonds is 2. The molecule has 2 atom stereocenters. The van der Waals surface area contributed by atoms with Crippen LogP contribution in [0.15, 0.2) is 28.7 Å². The summed E-state index contributed by atoms with van der Waals surface area (Å²) < 4.78 is 0.995. The minimum absolute atomic E-state index is 0.0301. The second kappa shape index (κ2) is 5.79. The van der Waals surface area contributed by atoms with Crippen molar-refractivity contribution in [2.24, 2.45) is 5.41 Å². The van der Waals surface area contributed by atoms with Crippen LogP contribution in [0, 0.1) is 5.41 Å². The molecule has 2 rings (SSSR count). The highest BCUT2D eigenvalue weighted by atomic mass is 79.9. The molecule has 5 heteroatoms. The Morgan fingerprint density at radius 3 is 2.29 bits per heavy atom. The lowest BCUT2D eigenvalue weighted by molar-refractivity contribution is -0.154. The maximum atomic E-state index is 12.5. The molecule has 0 radical (unpaired) electrons. The summed E-state index contributed by atoms with van der Waals surface area (Å²) in [6.07, 6.45) is 0. The van der Waals surface area contributed by atoms with Gasteiger partial charge in [-0.3, -0.25) is 9.59 Å². The quantitative estimate of drug-likeness (QED) is 0.889. The lowest BCUT2D eigenvalue weighted by atomic mass is 9.83. The van der Waals surface area contributed by atoms with Crippen LogP contribution >= 0.6 is 15.9 Å². The molecule has 114 valence electrons. The third-order valence-electron chi connectivity index (χ3n) is 3.66. The molecule has 0 aromatic heterocycles. The van der Waals surface area contributed by atoms with Crippen LogP contribution < -0.4 is 5.32 Å². The summed E-state index contributed by atoms with van der Waals surface area (Å²) in [6, 6.07) is 6.90. The average Bonchev–Trinajstić information content (AvgIpc) is 2.36. The molecule has 0 spiro atoms. The number of carbonyl (C=O) groups excluding carboxylic acids is 2. The molecule has 1 aliphatic heterocycles. The van der Waals surface area contributed by atoms with Crippen molar-refractivity contribution < 1.29 is 9.59 Å². The van der Waals surface area contributed by atoms with Crippen LogP contribution in [0.5, 0.6) is 0 Å². The summed E-state index contributed by atoms with van der Waals surface area (Å²) in [5.74, 6) is -0.107. The fourth-order valence-electron chi connectivity index (χ4n) is 2.69. The first-order valence-corrected chi connectivity index (χ1v) is 7.85. The van der Waals surface area contributed by atoms with Crippen LogP contribution in [0.2, 0.25) is 0 Å². The number of carbonyl (C=O) groups is 2. The van der Waals surface area contributed by atoms with E-state index in [0.29, 0.717) is 6.54 Å². The van der Waals surface area contributed by atoms with E-state index in [1.165, 1.54) is 0 Å². The largest absolute Gasteiger partial charge is 0.343 e. The second-order valence-electron chi connectivity index (χ2n) is 6.59. The Morgan fingerprint density at radius 1 is 1.19 bits per heavy atom. The van der Waals surface area contributed by atoms with Gasteiger partial charge in [0.05, 0.1) is 0 Å². The number of benzene rings is 1. The third-order valence-corrected chi connectivity index (χ3v) is 4.19. The van der Waals surface area contributed by atoms with E-state index in [1.807, 2.05) is 45.0 Å². The highest BCUT2D eigenvalue weighted by Crippen LogP contribution is 2.29. The molecule has 1 saturated heterocycles.